The van der Waals surface area contributed by atoms with Crippen LogP contribution in [0.2, 0.25) is 0 Å². The van der Waals surface area contributed by atoms with E-state index < -0.39 is 29.7 Å². The van der Waals surface area contributed by atoms with Gasteiger partial charge in [-0.15, -0.1) is 0 Å². The van der Waals surface area contributed by atoms with Gasteiger partial charge in [-0.2, -0.15) is 4.98 Å². The Morgan fingerprint density at radius 2 is 1.65 bits per heavy atom. The monoisotopic (exact) mass is 818 g/mol. The minimum Gasteiger partial charge on any atom is -0.493 e. The molecule has 2 saturated heterocycles. The molecule has 1 aromatic carbocycles. The van der Waals surface area contributed by atoms with Crippen molar-refractivity contribution >= 4 is 58.0 Å². The maximum atomic E-state index is 13.3. The first-order valence-electron chi connectivity index (χ1n) is 21.4. The van der Waals surface area contributed by atoms with Crippen molar-refractivity contribution in [2.24, 2.45) is 0 Å². The van der Waals surface area contributed by atoms with Crippen LogP contribution < -0.4 is 20.3 Å². The first kappa shape index (κ1) is 40.9. The molecule has 16 nitrogen and oxygen atoms in total. The van der Waals surface area contributed by atoms with E-state index >= 15 is 0 Å². The highest BCUT2D eigenvalue weighted by Gasteiger charge is 2.46. The van der Waals surface area contributed by atoms with Gasteiger partial charge >= 0.3 is 0 Å². The van der Waals surface area contributed by atoms with Crippen LogP contribution in [0.3, 0.4) is 0 Å². The molecule has 1 aliphatic carbocycles. The Kier molecular flexibility index (Phi) is 12.4. The smallest absolute Gasteiger partial charge is 0.270 e. The van der Waals surface area contributed by atoms with E-state index in [1.54, 1.807) is 43.4 Å². The number of rotatable bonds is 16. The molecule has 1 unspecified atom stereocenters. The normalized spacial score (nSPS) is 18.7. The second kappa shape index (κ2) is 18.2. The molecule has 316 valence electrons. The number of carbonyl (C=O) groups is 5. The van der Waals surface area contributed by atoms with Crippen LogP contribution in [-0.4, -0.2) is 123 Å². The van der Waals surface area contributed by atoms with Gasteiger partial charge in [-0.1, -0.05) is 44.6 Å². The van der Waals surface area contributed by atoms with E-state index in [-0.39, 0.29) is 35.9 Å². The minimum atomic E-state index is -0.999. The molecule has 3 aromatic heterocycles. The van der Waals surface area contributed by atoms with E-state index in [1.807, 2.05) is 18.3 Å². The number of piperazine rings is 1. The van der Waals surface area contributed by atoms with Gasteiger partial charge in [0, 0.05) is 64.3 Å². The van der Waals surface area contributed by atoms with Crippen molar-refractivity contribution in [3.05, 3.63) is 65.6 Å². The second-order valence-corrected chi connectivity index (χ2v) is 16.5. The van der Waals surface area contributed by atoms with Gasteiger partial charge in [-0.05, 0) is 69.0 Å². The van der Waals surface area contributed by atoms with E-state index in [9.17, 15) is 24.0 Å². The third kappa shape index (κ3) is 8.69. The Morgan fingerprint density at radius 3 is 2.38 bits per heavy atom. The summed E-state index contributed by atoms with van der Waals surface area (Å²) >= 11 is 0. The van der Waals surface area contributed by atoms with Crippen molar-refractivity contribution in [3.8, 4) is 5.75 Å². The molecule has 5 amide bonds. The van der Waals surface area contributed by atoms with Crippen LogP contribution in [-0.2, 0) is 9.59 Å². The zero-order valence-corrected chi connectivity index (χ0v) is 34.5. The van der Waals surface area contributed by atoms with Crippen LogP contribution in [0.4, 0.5) is 17.5 Å². The molecule has 0 bridgehead atoms. The van der Waals surface area contributed by atoms with E-state index in [2.05, 4.69) is 41.0 Å². The lowest BCUT2D eigenvalue weighted by Crippen LogP contribution is -2.54. The van der Waals surface area contributed by atoms with Crippen LogP contribution in [0.1, 0.15) is 114 Å². The highest BCUT2D eigenvalue weighted by atomic mass is 16.5. The van der Waals surface area contributed by atoms with E-state index in [4.69, 9.17) is 9.72 Å². The first-order valence-corrected chi connectivity index (χ1v) is 21.4. The summed E-state index contributed by atoms with van der Waals surface area (Å²) in [4.78, 5) is 85.0. The Morgan fingerprint density at radius 1 is 0.883 bits per heavy atom. The Hall–Kier alpha value is -5.90. The maximum Gasteiger partial charge on any atom is 0.270 e. The van der Waals surface area contributed by atoms with Gasteiger partial charge in [0.25, 0.3) is 17.7 Å². The molecule has 8 rings (SSSR count). The largest absolute Gasteiger partial charge is 0.493 e. The van der Waals surface area contributed by atoms with E-state index in [1.165, 1.54) is 0 Å². The fraction of sp³-hybridized carbons (Fsp3) is 0.500. The molecular weight excluding hydrogens is 765 g/mol. The lowest BCUT2D eigenvalue weighted by molar-refractivity contribution is -0.136. The van der Waals surface area contributed by atoms with Crippen molar-refractivity contribution in [3.63, 3.8) is 0 Å². The number of fused-ring (bicyclic) bond motifs is 2. The summed E-state index contributed by atoms with van der Waals surface area (Å²) in [5.74, 6) is -0.661. The van der Waals surface area contributed by atoms with Gasteiger partial charge in [-0.25, -0.2) is 9.97 Å². The molecular formula is C44H54N10O6. The zero-order valence-electron chi connectivity index (χ0n) is 34.5. The summed E-state index contributed by atoms with van der Waals surface area (Å²) in [5, 5.41) is 6.36. The molecule has 4 aromatic rings. The quantitative estimate of drug-likeness (QED) is 0.110. The molecule has 0 radical (unpaired) electrons. The lowest BCUT2D eigenvalue weighted by atomic mass is 10.0. The molecule has 60 heavy (non-hydrogen) atoms. The van der Waals surface area contributed by atoms with Crippen molar-refractivity contribution in [2.45, 2.75) is 89.1 Å². The SMILES string of the molecule is CN(C)C(=O)c1cc2cnc(Nc3ccc(N4CCN(CCCCCCCCOc5cccc6c5C(=O)N(C5CCC(=O)NC5=O)C6=O)CC4)cn3)nc2n1C1CCCC1. The molecule has 0 spiro atoms. The summed E-state index contributed by atoms with van der Waals surface area (Å²) in [5.41, 5.74) is 2.94. The summed E-state index contributed by atoms with van der Waals surface area (Å²) in [6.45, 7) is 5.41. The molecule has 3 aliphatic heterocycles. The second-order valence-electron chi connectivity index (χ2n) is 16.5. The fourth-order valence-electron chi connectivity index (χ4n) is 8.92. The average molecular weight is 819 g/mol. The summed E-state index contributed by atoms with van der Waals surface area (Å²) in [6.07, 6.45) is 14.6. The van der Waals surface area contributed by atoms with Crippen LogP contribution >= 0.6 is 0 Å². The van der Waals surface area contributed by atoms with Gasteiger partial charge in [0.15, 0.2) is 0 Å². The van der Waals surface area contributed by atoms with E-state index in [0.717, 1.165) is 119 Å². The third-order valence-corrected chi connectivity index (χ3v) is 12.2. The van der Waals surface area contributed by atoms with Crippen molar-refractivity contribution in [2.75, 3.05) is 63.6 Å². The number of pyridine rings is 1. The standard InChI is InChI=1S/C44H54N10O6/c1-50(2)42(58)34-26-29-27-46-44(49-39(29)53(34)30-12-7-8-13-30)47-36-18-16-31(28-45-36)52-23-21-51(22-24-52)20-9-5-3-4-6-10-25-60-35-15-11-14-32-38(35)43(59)54(41(32)57)33-17-19-37(55)48-40(33)56/h11,14-16,18,26-28,30,33H,3-10,12-13,17,19-25H2,1-2H3,(H,48,55,56)(H,45,46,47,49). The number of imide groups is 2. The number of carbonyl (C=O) groups excluding carboxylic acids is 5. The zero-order chi connectivity index (χ0) is 41.8. The number of amides is 5. The number of aromatic nitrogens is 4. The van der Waals surface area contributed by atoms with E-state index in [0.29, 0.717) is 29.8 Å². The van der Waals surface area contributed by atoms with Crippen molar-refractivity contribution in [1.82, 2.24) is 39.5 Å². The van der Waals surface area contributed by atoms with Crippen molar-refractivity contribution in [1.29, 1.82) is 0 Å². The highest BCUT2D eigenvalue weighted by molar-refractivity contribution is 6.24. The number of ether oxygens (including phenoxy) is 1. The van der Waals surface area contributed by atoms with Crippen LogP contribution in [0.5, 0.6) is 5.75 Å². The molecule has 6 heterocycles. The maximum absolute atomic E-state index is 13.3. The molecule has 3 fully saturated rings. The predicted octanol–water partition coefficient (Wildman–Crippen LogP) is 5.33. The number of unbranched alkanes of at least 4 members (excludes halogenated alkanes) is 5. The molecule has 1 atom stereocenters. The number of hydrogen-bond donors (Lipinski definition) is 2. The van der Waals surface area contributed by atoms with Crippen molar-refractivity contribution < 1.29 is 28.7 Å². The number of piperidine rings is 1. The van der Waals surface area contributed by atoms with Gasteiger partial charge < -0.3 is 24.4 Å². The summed E-state index contributed by atoms with van der Waals surface area (Å²) < 4.78 is 8.10. The topological polar surface area (TPSA) is 175 Å². The number of hydrogen-bond acceptors (Lipinski definition) is 12. The third-order valence-electron chi connectivity index (χ3n) is 12.2. The highest BCUT2D eigenvalue weighted by Crippen LogP contribution is 2.36. The minimum absolute atomic E-state index is 0.0278. The molecule has 16 heteroatoms. The summed E-state index contributed by atoms with van der Waals surface area (Å²) in [6, 6.07) is 10.2. The van der Waals surface area contributed by atoms with Gasteiger partial charge in [0.2, 0.25) is 17.8 Å². The Balaban J connectivity index is 0.727. The predicted molar refractivity (Wildman–Crippen MR) is 226 cm³/mol. The van der Waals surface area contributed by atoms with Crippen LogP contribution in [0.15, 0.2) is 48.8 Å². The van der Waals surface area contributed by atoms with Gasteiger partial charge in [-0.3, -0.25) is 39.1 Å². The van der Waals surface area contributed by atoms with Gasteiger partial charge in [0.05, 0.1) is 29.6 Å². The number of anilines is 3. The molecule has 2 N–H and O–H groups in total. The average Bonchev–Trinajstić information content (AvgIpc) is 3.97. The molecule has 4 aliphatic rings. The Bertz CT molecular complexity index is 2240. The number of nitrogens with one attached hydrogen (secondary N) is 2. The van der Waals surface area contributed by atoms with Crippen LogP contribution in [0.25, 0.3) is 11.0 Å². The lowest BCUT2D eigenvalue weighted by Gasteiger charge is -2.36. The summed E-state index contributed by atoms with van der Waals surface area (Å²) in [7, 11) is 3.56. The van der Waals surface area contributed by atoms with Crippen LogP contribution in [0, 0.1) is 0 Å². The van der Waals surface area contributed by atoms with Gasteiger partial charge in [0.1, 0.15) is 29.0 Å². The Labute approximate surface area is 349 Å². The fourth-order valence-corrected chi connectivity index (χ4v) is 8.92. The molecule has 1 saturated carbocycles. The number of benzene rings is 1. The number of nitrogens with zero attached hydrogens (tertiary/aromatic N) is 8. The first-order chi connectivity index (χ1) is 29.2.